The molecule has 2 fully saturated rings. The van der Waals surface area contributed by atoms with E-state index in [0.717, 1.165) is 37.6 Å². The van der Waals surface area contributed by atoms with Gasteiger partial charge in [0.1, 0.15) is 29.9 Å². The Balaban J connectivity index is 1.19. The first-order chi connectivity index (χ1) is 22.0. The minimum Gasteiger partial charge on any atom is -0.486 e. The smallest absolute Gasteiger partial charge is 0.410 e. The highest BCUT2D eigenvalue weighted by atomic mass is 19.1. The van der Waals surface area contributed by atoms with Crippen LogP contribution in [0.25, 0.3) is 11.4 Å². The minimum atomic E-state index is -1.44. The van der Waals surface area contributed by atoms with E-state index in [9.17, 15) is 15.2 Å². The quantitative estimate of drug-likeness (QED) is 0.366. The predicted octanol–water partition coefficient (Wildman–Crippen LogP) is 4.38. The number of nitrogens with zero attached hydrogens (tertiary/aromatic N) is 7. The van der Waals surface area contributed by atoms with Gasteiger partial charge in [-0.25, -0.2) is 19.2 Å². The number of aliphatic hydroxyl groups is 1. The Morgan fingerprint density at radius 1 is 1.13 bits per heavy atom. The first-order valence-corrected chi connectivity index (χ1v) is 15.5. The molecule has 2 saturated heterocycles. The van der Waals surface area contributed by atoms with E-state index in [-0.39, 0.29) is 36.9 Å². The van der Waals surface area contributed by atoms with Gasteiger partial charge in [0.15, 0.2) is 12.0 Å². The Kier molecular flexibility index (Phi) is 10.2. The Morgan fingerprint density at radius 2 is 1.87 bits per heavy atom. The number of nitriles is 1. The molecule has 1 aromatic heterocycles. The van der Waals surface area contributed by atoms with Gasteiger partial charge in [-0.3, -0.25) is 4.90 Å². The number of halogens is 1. The highest BCUT2D eigenvalue weighted by Crippen LogP contribution is 2.29. The zero-order valence-corrected chi connectivity index (χ0v) is 26.7. The molecule has 46 heavy (non-hydrogen) atoms. The summed E-state index contributed by atoms with van der Waals surface area (Å²) in [5.74, 6) is 0.961. The van der Waals surface area contributed by atoms with Crippen LogP contribution in [0.15, 0.2) is 48.8 Å². The van der Waals surface area contributed by atoms with E-state index in [1.165, 1.54) is 11.2 Å². The van der Waals surface area contributed by atoms with Gasteiger partial charge in [-0.2, -0.15) is 10.2 Å². The molecule has 2 aromatic carbocycles. The molecule has 12 nitrogen and oxygen atoms in total. The standard InChI is InChI=1S/C33H41FN8O4/c1-22(43)19-40-13-15-41(16-14-40)26-8-6-25(7-9-26)38-31-37-21-36-30(39-31)23-5-10-28(24(17-23)18-35)45-29-11-12-42(20-27(29)34)32(44)46-33(2,3)4/h5-10,17,21-22,27,29,43H,11-16,19-20H2,1-4H3,(H,36,37,38,39)/t22-,27+,29-/m0/s1. The average Bonchev–Trinajstić information content (AvgIpc) is 3.02. The lowest BCUT2D eigenvalue weighted by Crippen LogP contribution is -2.50. The van der Waals surface area contributed by atoms with Crippen LogP contribution in [-0.2, 0) is 4.74 Å². The molecule has 3 atom stereocenters. The summed E-state index contributed by atoms with van der Waals surface area (Å²) in [5, 5.41) is 22.7. The molecule has 2 aliphatic rings. The number of carbonyl (C=O) groups is 1. The van der Waals surface area contributed by atoms with Crippen molar-refractivity contribution >= 4 is 23.4 Å². The number of hydrogen-bond acceptors (Lipinski definition) is 11. The number of piperazine rings is 1. The summed E-state index contributed by atoms with van der Waals surface area (Å²) in [7, 11) is 0. The summed E-state index contributed by atoms with van der Waals surface area (Å²) in [6.07, 6.45) is -1.47. The van der Waals surface area contributed by atoms with Gasteiger partial charge in [0.25, 0.3) is 0 Å². The number of rotatable bonds is 8. The van der Waals surface area contributed by atoms with Gasteiger partial charge in [-0.1, -0.05) is 0 Å². The highest BCUT2D eigenvalue weighted by molar-refractivity contribution is 5.68. The van der Waals surface area contributed by atoms with Crippen LogP contribution in [0.1, 0.15) is 39.7 Å². The van der Waals surface area contributed by atoms with Gasteiger partial charge < -0.3 is 29.7 Å². The Morgan fingerprint density at radius 3 is 2.52 bits per heavy atom. The van der Waals surface area contributed by atoms with Crippen molar-refractivity contribution in [1.29, 1.82) is 5.26 Å². The maximum absolute atomic E-state index is 15.0. The lowest BCUT2D eigenvalue weighted by molar-refractivity contribution is -0.0106. The fraction of sp³-hybridized carbons (Fsp3) is 0.485. The number of amides is 1. The van der Waals surface area contributed by atoms with Crippen LogP contribution in [0, 0.1) is 11.3 Å². The first-order valence-electron chi connectivity index (χ1n) is 15.5. The molecule has 0 spiro atoms. The van der Waals surface area contributed by atoms with Crippen LogP contribution in [-0.4, -0.2) is 106 Å². The molecular weight excluding hydrogens is 591 g/mol. The second-order valence-corrected chi connectivity index (χ2v) is 12.7. The van der Waals surface area contributed by atoms with Crippen LogP contribution in [0.2, 0.25) is 0 Å². The molecule has 3 heterocycles. The van der Waals surface area contributed by atoms with E-state index >= 15 is 4.39 Å². The minimum absolute atomic E-state index is 0.148. The van der Waals surface area contributed by atoms with Crippen molar-refractivity contribution < 1.29 is 23.8 Å². The molecule has 2 aliphatic heterocycles. The van der Waals surface area contributed by atoms with Gasteiger partial charge >= 0.3 is 6.09 Å². The molecule has 0 bridgehead atoms. The van der Waals surface area contributed by atoms with Gasteiger partial charge in [0.05, 0.1) is 18.2 Å². The number of carbonyl (C=O) groups excluding carboxylic acids is 1. The summed E-state index contributed by atoms with van der Waals surface area (Å²) in [6, 6.07) is 15.1. The summed E-state index contributed by atoms with van der Waals surface area (Å²) >= 11 is 0. The van der Waals surface area contributed by atoms with Gasteiger partial charge in [-0.15, -0.1) is 0 Å². The van der Waals surface area contributed by atoms with Crippen molar-refractivity contribution in [2.45, 2.75) is 58.1 Å². The molecule has 0 aliphatic carbocycles. The summed E-state index contributed by atoms with van der Waals surface area (Å²) in [6.45, 7) is 11.5. The van der Waals surface area contributed by atoms with Crippen molar-refractivity contribution in [3.05, 3.63) is 54.4 Å². The molecule has 2 N–H and O–H groups in total. The zero-order chi connectivity index (χ0) is 32.8. The van der Waals surface area contributed by atoms with Gasteiger partial charge in [0.2, 0.25) is 5.95 Å². The van der Waals surface area contributed by atoms with Crippen LogP contribution in [0.4, 0.5) is 26.5 Å². The SMILES string of the molecule is C[C@H](O)CN1CCN(c2ccc(Nc3ncnc(-c4ccc(O[C@H]5CCN(C(=O)OC(C)(C)C)C[C@H]5F)c(C#N)c4)n3)cc2)CC1. The number of anilines is 3. The van der Waals surface area contributed by atoms with Crippen molar-refractivity contribution in [3.8, 4) is 23.2 Å². The number of hydrogen-bond donors (Lipinski definition) is 2. The summed E-state index contributed by atoms with van der Waals surface area (Å²) < 4.78 is 26.3. The Bertz CT molecular complexity index is 1530. The fourth-order valence-corrected chi connectivity index (χ4v) is 5.47. The second-order valence-electron chi connectivity index (χ2n) is 12.7. The van der Waals surface area contributed by atoms with E-state index in [1.54, 1.807) is 39.0 Å². The number of nitrogens with one attached hydrogen (secondary N) is 1. The van der Waals surface area contributed by atoms with Crippen molar-refractivity contribution in [2.24, 2.45) is 0 Å². The molecule has 0 unspecified atom stereocenters. The van der Waals surface area contributed by atoms with Crippen molar-refractivity contribution in [1.82, 2.24) is 24.8 Å². The molecule has 0 radical (unpaired) electrons. The molecule has 3 aromatic rings. The second kappa shape index (κ2) is 14.3. The topological polar surface area (TPSA) is 140 Å². The maximum Gasteiger partial charge on any atom is 0.410 e. The number of alkyl halides is 1. The van der Waals surface area contributed by atoms with Crippen LogP contribution >= 0.6 is 0 Å². The van der Waals surface area contributed by atoms with E-state index in [0.29, 0.717) is 23.9 Å². The molecule has 5 rings (SSSR count). The third kappa shape index (κ3) is 8.58. The van der Waals surface area contributed by atoms with Crippen LogP contribution in [0.5, 0.6) is 5.75 Å². The zero-order valence-electron chi connectivity index (χ0n) is 26.7. The number of aliphatic hydroxyl groups excluding tert-OH is 1. The Hall–Kier alpha value is -4.54. The fourth-order valence-electron chi connectivity index (χ4n) is 5.47. The monoisotopic (exact) mass is 632 g/mol. The van der Waals surface area contributed by atoms with E-state index in [1.807, 2.05) is 19.1 Å². The van der Waals surface area contributed by atoms with E-state index in [4.69, 9.17) is 9.47 Å². The number of likely N-dealkylation sites (tertiary alicyclic amines) is 1. The number of piperidine rings is 1. The maximum atomic E-state index is 15.0. The molecule has 244 valence electrons. The largest absolute Gasteiger partial charge is 0.486 e. The van der Waals surface area contributed by atoms with Gasteiger partial charge in [-0.05, 0) is 70.2 Å². The third-order valence-corrected chi connectivity index (χ3v) is 7.73. The molecular formula is C33H41FN8O4. The average molecular weight is 633 g/mol. The summed E-state index contributed by atoms with van der Waals surface area (Å²) in [5.41, 5.74) is 2.07. The van der Waals surface area contributed by atoms with Gasteiger partial charge in [0, 0.05) is 62.6 Å². The number of aromatic nitrogens is 3. The number of β-amino-alcohol motifs (C(OH)–C–C–N with tert-alkyl or cyclic N) is 1. The van der Waals surface area contributed by atoms with Crippen LogP contribution < -0.4 is 15.0 Å². The first kappa shape index (κ1) is 32.8. The van der Waals surface area contributed by atoms with Crippen molar-refractivity contribution in [2.75, 3.05) is 56.0 Å². The molecule has 13 heteroatoms. The molecule has 0 saturated carbocycles. The summed E-state index contributed by atoms with van der Waals surface area (Å²) in [4.78, 5) is 31.4. The lowest BCUT2D eigenvalue weighted by atomic mass is 10.1. The normalized spacial score (nSPS) is 19.7. The van der Waals surface area contributed by atoms with Crippen molar-refractivity contribution in [3.63, 3.8) is 0 Å². The highest BCUT2D eigenvalue weighted by Gasteiger charge is 2.35. The Labute approximate surface area is 268 Å². The van der Waals surface area contributed by atoms with E-state index < -0.39 is 24.0 Å². The number of benzene rings is 2. The van der Waals surface area contributed by atoms with E-state index in [2.05, 4.69) is 48.3 Å². The third-order valence-electron chi connectivity index (χ3n) is 7.73. The predicted molar refractivity (Wildman–Crippen MR) is 172 cm³/mol. The lowest BCUT2D eigenvalue weighted by Gasteiger charge is -2.36. The molecule has 1 amide bonds. The van der Waals surface area contributed by atoms with Crippen LogP contribution in [0.3, 0.4) is 0 Å². The number of ether oxygens (including phenoxy) is 2.